The largest absolute Gasteiger partial charge is 0.381 e. The van der Waals surface area contributed by atoms with Gasteiger partial charge in [0.1, 0.15) is 0 Å². The maximum absolute atomic E-state index is 12.8. The van der Waals surface area contributed by atoms with E-state index in [0.717, 1.165) is 91.4 Å². The van der Waals surface area contributed by atoms with Gasteiger partial charge in [0, 0.05) is 81.2 Å². The van der Waals surface area contributed by atoms with Gasteiger partial charge >= 0.3 is 0 Å². The molecule has 7 spiro atoms. The molecule has 92 heavy (non-hydrogen) atoms. The predicted octanol–water partition coefficient (Wildman–Crippen LogP) is 20.2. The topological polar surface area (TPSA) is 83.1 Å². The van der Waals surface area contributed by atoms with Crippen LogP contribution >= 0.6 is 0 Å². The lowest BCUT2D eigenvalue weighted by Gasteiger charge is -2.51. The van der Waals surface area contributed by atoms with Crippen LogP contribution in [-0.4, -0.2) is 133 Å². The van der Waals surface area contributed by atoms with E-state index < -0.39 is 17.8 Å². The lowest BCUT2D eigenvalue weighted by atomic mass is 9.62. The van der Waals surface area contributed by atoms with E-state index in [4.69, 9.17) is 42.6 Å². The van der Waals surface area contributed by atoms with Gasteiger partial charge in [0.25, 0.3) is 0 Å². The summed E-state index contributed by atoms with van der Waals surface area (Å²) < 4.78 is 128. The number of hydrogen-bond acceptors (Lipinski definition) is 9. The molecular weight excluding hydrogens is 1180 g/mol. The molecule has 14 fully saturated rings. The summed E-state index contributed by atoms with van der Waals surface area (Å²) in [6.07, 6.45) is 30.1. The van der Waals surface area contributed by atoms with Crippen molar-refractivity contribution in [1.29, 1.82) is 0 Å². The second-order valence-corrected chi connectivity index (χ2v) is 35.8. The summed E-state index contributed by atoms with van der Waals surface area (Å²) in [5.41, 5.74) is 1.78. The molecule has 5 aliphatic carbocycles. The Morgan fingerprint density at radius 3 is 0.489 bits per heavy atom. The summed E-state index contributed by atoms with van der Waals surface area (Å²) in [5, 5.41) is 0. The number of halogens is 6. The summed E-state index contributed by atoms with van der Waals surface area (Å²) >= 11 is 0. The summed E-state index contributed by atoms with van der Waals surface area (Å²) in [4.78, 5) is 0. The van der Waals surface area contributed by atoms with Crippen LogP contribution in [-0.2, 0) is 42.6 Å². The summed E-state index contributed by atoms with van der Waals surface area (Å²) in [7, 11) is 0. The molecular formula is C77H134F6O9. The molecule has 0 aromatic heterocycles. The third-order valence-electron chi connectivity index (χ3n) is 25.0. The molecule has 7 atom stereocenters. The number of hydrogen-bond donors (Lipinski definition) is 0. The molecule has 0 aromatic carbocycles. The average Bonchev–Trinajstić information content (AvgIpc) is 1.27. The van der Waals surface area contributed by atoms with Gasteiger partial charge < -0.3 is 42.6 Å². The van der Waals surface area contributed by atoms with E-state index in [1.54, 1.807) is 0 Å². The quantitative estimate of drug-likeness (QED) is 0.232. The summed E-state index contributed by atoms with van der Waals surface area (Å²) in [6, 6.07) is 0. The smallest absolute Gasteiger partial charge is 0.249 e. The van der Waals surface area contributed by atoms with E-state index in [-0.39, 0.29) is 73.1 Å². The van der Waals surface area contributed by atoms with E-state index in [9.17, 15) is 26.3 Å². The van der Waals surface area contributed by atoms with Crippen molar-refractivity contribution in [1.82, 2.24) is 0 Å². The molecule has 0 unspecified atom stereocenters. The predicted molar refractivity (Wildman–Crippen MR) is 355 cm³/mol. The highest BCUT2D eigenvalue weighted by atomic mass is 19.3. The fourth-order valence-corrected chi connectivity index (χ4v) is 17.4. The fraction of sp³-hybridized carbons (Fsp3) is 1.00. The van der Waals surface area contributed by atoms with Gasteiger partial charge in [-0.05, 0) is 204 Å². The summed E-state index contributed by atoms with van der Waals surface area (Å²) in [6.45, 7) is 40.3. The molecule has 9 nitrogen and oxygen atoms in total. The van der Waals surface area contributed by atoms with Crippen molar-refractivity contribution in [3.8, 4) is 0 Å². The molecule has 0 amide bonds. The van der Waals surface area contributed by atoms with Crippen molar-refractivity contribution in [2.75, 3.05) is 72.7 Å². The average molecular weight is 1320 g/mol. The lowest BCUT2D eigenvalue weighted by molar-refractivity contribution is -0.215. The molecule has 0 bridgehead atoms. The first kappa shape index (κ1) is 77.0. The number of rotatable bonds is 7. The zero-order valence-corrected chi connectivity index (χ0v) is 60.6. The molecule has 538 valence electrons. The van der Waals surface area contributed by atoms with E-state index in [0.29, 0.717) is 107 Å². The van der Waals surface area contributed by atoms with Crippen LogP contribution in [0.25, 0.3) is 0 Å². The third kappa shape index (κ3) is 22.1. The molecule has 9 aliphatic heterocycles. The Morgan fingerprint density at radius 2 is 0.370 bits per heavy atom. The molecule has 14 aliphatic rings. The SMILES string of the molecule is CC(C)[C@@H]1CCC2(CC2)CO1.CC(C)[C@@H]1CCC2(CCOCC2)CO1.CC(C)[C@@H]1CCC2(CO1)CC(F)(F)C2.CC(C)[C@H]1CCC2(CC2)CO1.CC(C)[C@H]1CCC2(CCOCC2)CO1.CC(C)[C@H]1CCC2(CO1)CC(F)(F)C2.CC(C)[C@H]1CCC2(CO1)CC(F)(F)C2. The van der Waals surface area contributed by atoms with Crippen molar-refractivity contribution in [2.24, 2.45) is 79.3 Å². The van der Waals surface area contributed by atoms with Crippen molar-refractivity contribution < 1.29 is 69.0 Å². The zero-order chi connectivity index (χ0) is 67.0. The van der Waals surface area contributed by atoms with Crippen LogP contribution in [0.2, 0.25) is 0 Å². The molecule has 15 heteroatoms. The number of ether oxygens (including phenoxy) is 9. The zero-order valence-electron chi connectivity index (χ0n) is 60.6. The minimum atomic E-state index is -2.41. The van der Waals surface area contributed by atoms with Crippen LogP contribution in [0.3, 0.4) is 0 Å². The Morgan fingerprint density at radius 1 is 0.217 bits per heavy atom. The molecule has 5 saturated carbocycles. The van der Waals surface area contributed by atoms with Gasteiger partial charge in [0.2, 0.25) is 17.8 Å². The van der Waals surface area contributed by atoms with E-state index in [2.05, 4.69) is 96.9 Å². The van der Waals surface area contributed by atoms with Crippen LogP contribution in [0.4, 0.5) is 26.3 Å². The van der Waals surface area contributed by atoms with Gasteiger partial charge in [0.15, 0.2) is 0 Å². The van der Waals surface area contributed by atoms with Crippen molar-refractivity contribution >= 4 is 0 Å². The Balaban J connectivity index is 0.000000138. The Labute approximate surface area is 555 Å². The molecule has 9 heterocycles. The van der Waals surface area contributed by atoms with Crippen LogP contribution in [0.5, 0.6) is 0 Å². The maximum atomic E-state index is 12.8. The van der Waals surface area contributed by atoms with Crippen LogP contribution in [0.1, 0.15) is 277 Å². The lowest BCUT2D eigenvalue weighted by Crippen LogP contribution is -2.52. The first-order valence-electron chi connectivity index (χ1n) is 37.8. The molecule has 0 radical (unpaired) electrons. The van der Waals surface area contributed by atoms with Crippen molar-refractivity contribution in [3.63, 3.8) is 0 Å². The van der Waals surface area contributed by atoms with Gasteiger partial charge in [-0.15, -0.1) is 0 Å². The van der Waals surface area contributed by atoms with E-state index in [1.165, 1.54) is 103 Å². The van der Waals surface area contributed by atoms with Crippen LogP contribution in [0.15, 0.2) is 0 Å². The minimum absolute atomic E-state index is 0.0464. The Kier molecular flexibility index (Phi) is 27.0. The Hall–Kier alpha value is -0.780. The van der Waals surface area contributed by atoms with Crippen molar-refractivity contribution in [3.05, 3.63) is 0 Å². The molecule has 0 aromatic rings. The molecule has 9 saturated heterocycles. The highest BCUT2D eigenvalue weighted by molar-refractivity contribution is 5.04. The van der Waals surface area contributed by atoms with Crippen molar-refractivity contribution in [2.45, 2.75) is 337 Å². The van der Waals surface area contributed by atoms with Gasteiger partial charge in [-0.1, -0.05) is 96.9 Å². The Bertz CT molecular complexity index is 1900. The highest BCUT2D eigenvalue weighted by Gasteiger charge is 2.60. The molecule has 14 rings (SSSR count). The second-order valence-electron chi connectivity index (χ2n) is 35.8. The summed E-state index contributed by atoms with van der Waals surface area (Å²) in [5.74, 6) is -2.93. The second kappa shape index (κ2) is 32.3. The van der Waals surface area contributed by atoms with Gasteiger partial charge in [0.05, 0.1) is 89.0 Å². The fourth-order valence-electron chi connectivity index (χ4n) is 17.4. The first-order valence-corrected chi connectivity index (χ1v) is 37.8. The standard InChI is InChI=1S/2C12H22O2.3C11H18F2O.2C10H18O/c2*1-10(2)11-3-4-12(9-14-11)5-7-13-8-6-12;3*1-8(2)9-3-4-10(7-14-9)5-11(12,13)6-10;2*1-8(2)9-3-4-10(5-6-10)7-11-9/h2*10-11H,3-9H2,1-2H3;3*8-9H,3-7H2,1-2H3;2*8-9H,3-7H2,1-2H3/t2*11-;5*9-/m1011010/s1. The first-order chi connectivity index (χ1) is 43.2. The monoisotopic (exact) mass is 1320 g/mol. The number of alkyl halides is 6. The van der Waals surface area contributed by atoms with E-state index in [1.807, 2.05) is 0 Å². The van der Waals surface area contributed by atoms with Crippen LogP contribution < -0.4 is 0 Å². The van der Waals surface area contributed by atoms with Gasteiger partial charge in [-0.3, -0.25) is 0 Å². The third-order valence-corrected chi connectivity index (χ3v) is 25.0. The normalized spacial score (nSPS) is 33.9. The molecule has 0 N–H and O–H groups in total. The van der Waals surface area contributed by atoms with Gasteiger partial charge in [-0.2, -0.15) is 0 Å². The maximum Gasteiger partial charge on any atom is 0.249 e. The highest BCUT2D eigenvalue weighted by Crippen LogP contribution is 2.60. The van der Waals surface area contributed by atoms with Gasteiger partial charge in [-0.25, -0.2) is 26.3 Å². The minimum Gasteiger partial charge on any atom is -0.381 e. The van der Waals surface area contributed by atoms with E-state index >= 15 is 0 Å². The van der Waals surface area contributed by atoms with Crippen LogP contribution in [0, 0.1) is 79.3 Å².